The van der Waals surface area contributed by atoms with Crippen molar-refractivity contribution < 1.29 is 13.9 Å². The molecule has 0 spiro atoms. The second-order valence-electron chi connectivity index (χ2n) is 5.92. The van der Waals surface area contributed by atoms with Gasteiger partial charge in [0.15, 0.2) is 11.5 Å². The molecule has 26 heavy (non-hydrogen) atoms. The molecule has 1 N–H and O–H groups in total. The third-order valence-electron chi connectivity index (χ3n) is 4.15. The minimum absolute atomic E-state index is 0.150. The lowest BCUT2D eigenvalue weighted by atomic mass is 10.2. The number of rotatable bonds is 6. The van der Waals surface area contributed by atoms with Gasteiger partial charge in [0.1, 0.15) is 6.61 Å². The van der Waals surface area contributed by atoms with Crippen LogP contribution in [0.15, 0.2) is 64.0 Å². The molecule has 0 saturated carbocycles. The summed E-state index contributed by atoms with van der Waals surface area (Å²) in [6, 6.07) is 14.4. The summed E-state index contributed by atoms with van der Waals surface area (Å²) < 4.78 is 12.7. The number of pyridine rings is 1. The van der Waals surface area contributed by atoms with Crippen molar-refractivity contribution in [1.29, 1.82) is 0 Å². The molecule has 0 unspecified atom stereocenters. The highest BCUT2D eigenvalue weighted by Crippen LogP contribution is 2.17. The molecule has 2 aromatic heterocycles. The molecule has 0 aliphatic rings. The molecule has 0 aliphatic heterocycles. The van der Waals surface area contributed by atoms with Gasteiger partial charge in [-0.1, -0.05) is 30.3 Å². The summed E-state index contributed by atoms with van der Waals surface area (Å²) in [6.07, 6.45) is 1.44. The number of nitrogens with zero attached hydrogens (tertiary/aromatic N) is 1. The molecule has 3 aromatic rings. The normalized spacial score (nSPS) is 10.5. The lowest BCUT2D eigenvalue weighted by Crippen LogP contribution is -2.27. The molecule has 0 aliphatic carbocycles. The Morgan fingerprint density at radius 1 is 1.19 bits per heavy atom. The number of nitrogens with one attached hydrogen (secondary N) is 1. The van der Waals surface area contributed by atoms with Gasteiger partial charge >= 0.3 is 0 Å². The maximum atomic E-state index is 12.4. The predicted molar refractivity (Wildman–Crippen MR) is 97.1 cm³/mol. The average molecular weight is 352 g/mol. The van der Waals surface area contributed by atoms with Crippen LogP contribution in [0.3, 0.4) is 0 Å². The Morgan fingerprint density at radius 2 is 1.96 bits per heavy atom. The van der Waals surface area contributed by atoms with Crippen molar-refractivity contribution in [3.8, 4) is 5.75 Å². The SMILES string of the molecule is Cc1cc(=O)c(OCc2ccccc2)c(CNC(=O)c2ccco2)n1C. The van der Waals surface area contributed by atoms with Gasteiger partial charge in [0, 0.05) is 18.8 Å². The highest BCUT2D eigenvalue weighted by Gasteiger charge is 2.16. The minimum Gasteiger partial charge on any atom is -0.483 e. The van der Waals surface area contributed by atoms with Crippen molar-refractivity contribution in [1.82, 2.24) is 9.88 Å². The summed E-state index contributed by atoms with van der Waals surface area (Å²) in [5.74, 6) is 0.106. The molecule has 0 atom stereocenters. The molecule has 0 saturated heterocycles. The number of furan rings is 1. The molecule has 6 heteroatoms. The summed E-state index contributed by atoms with van der Waals surface area (Å²) in [5, 5.41) is 2.76. The number of aryl methyl sites for hydroxylation is 1. The van der Waals surface area contributed by atoms with Crippen LogP contribution in [-0.4, -0.2) is 10.5 Å². The zero-order chi connectivity index (χ0) is 18.5. The van der Waals surface area contributed by atoms with Crippen LogP contribution < -0.4 is 15.5 Å². The van der Waals surface area contributed by atoms with Gasteiger partial charge in [-0.25, -0.2) is 0 Å². The van der Waals surface area contributed by atoms with Gasteiger partial charge in [0.05, 0.1) is 18.5 Å². The summed E-state index contributed by atoms with van der Waals surface area (Å²) >= 11 is 0. The van der Waals surface area contributed by atoms with E-state index in [0.717, 1.165) is 11.3 Å². The molecular weight excluding hydrogens is 332 g/mol. The van der Waals surface area contributed by atoms with E-state index < -0.39 is 0 Å². The Morgan fingerprint density at radius 3 is 2.65 bits per heavy atom. The Balaban J connectivity index is 1.82. The molecule has 1 amide bonds. The second-order valence-corrected chi connectivity index (χ2v) is 5.92. The van der Waals surface area contributed by atoms with Gasteiger partial charge in [0.2, 0.25) is 5.43 Å². The fraction of sp³-hybridized carbons (Fsp3) is 0.200. The first-order valence-corrected chi connectivity index (χ1v) is 8.24. The first kappa shape index (κ1) is 17.5. The maximum absolute atomic E-state index is 12.4. The molecule has 134 valence electrons. The molecule has 0 radical (unpaired) electrons. The van der Waals surface area contributed by atoms with E-state index in [1.165, 1.54) is 12.3 Å². The molecule has 6 nitrogen and oxygen atoms in total. The smallest absolute Gasteiger partial charge is 0.287 e. The molecule has 1 aromatic carbocycles. The number of hydrogen-bond acceptors (Lipinski definition) is 4. The first-order chi connectivity index (χ1) is 12.6. The van der Waals surface area contributed by atoms with Gasteiger partial charge in [-0.15, -0.1) is 0 Å². The highest BCUT2D eigenvalue weighted by molar-refractivity contribution is 5.91. The Hall–Kier alpha value is -3.28. The average Bonchev–Trinajstić information content (AvgIpc) is 3.18. The molecule has 3 rings (SSSR count). The fourth-order valence-electron chi connectivity index (χ4n) is 2.60. The highest BCUT2D eigenvalue weighted by atomic mass is 16.5. The van der Waals surface area contributed by atoms with E-state index in [1.807, 2.05) is 48.9 Å². The lowest BCUT2D eigenvalue weighted by Gasteiger charge is -2.17. The number of hydrogen-bond donors (Lipinski definition) is 1. The van der Waals surface area contributed by atoms with Crippen LogP contribution in [0.25, 0.3) is 0 Å². The molecule has 2 heterocycles. The molecule has 0 bridgehead atoms. The van der Waals surface area contributed by atoms with Crippen LogP contribution in [0.4, 0.5) is 0 Å². The maximum Gasteiger partial charge on any atom is 0.287 e. The van der Waals surface area contributed by atoms with E-state index in [1.54, 1.807) is 12.1 Å². The summed E-state index contributed by atoms with van der Waals surface area (Å²) in [4.78, 5) is 24.6. The van der Waals surface area contributed by atoms with Crippen LogP contribution in [0.5, 0.6) is 5.75 Å². The number of carbonyl (C=O) groups excluding carboxylic acids is 1. The Kier molecular flexibility index (Phi) is 5.22. The summed E-state index contributed by atoms with van der Waals surface area (Å²) in [7, 11) is 1.83. The van der Waals surface area contributed by atoms with Crippen LogP contribution in [0.2, 0.25) is 0 Å². The topological polar surface area (TPSA) is 73.5 Å². The zero-order valence-electron chi connectivity index (χ0n) is 14.7. The third kappa shape index (κ3) is 3.85. The first-order valence-electron chi connectivity index (χ1n) is 8.24. The van der Waals surface area contributed by atoms with Crippen molar-refractivity contribution in [2.75, 3.05) is 0 Å². The van der Waals surface area contributed by atoms with Crippen LogP contribution >= 0.6 is 0 Å². The number of benzene rings is 1. The van der Waals surface area contributed by atoms with Crippen molar-refractivity contribution in [2.45, 2.75) is 20.1 Å². The predicted octanol–water partition coefficient (Wildman–Crippen LogP) is 2.80. The Bertz CT molecular complexity index is 944. The van der Waals surface area contributed by atoms with E-state index >= 15 is 0 Å². The number of amides is 1. The second kappa shape index (κ2) is 7.74. The van der Waals surface area contributed by atoms with E-state index in [2.05, 4.69) is 5.32 Å². The third-order valence-corrected chi connectivity index (χ3v) is 4.15. The van der Waals surface area contributed by atoms with Crippen molar-refractivity contribution in [2.24, 2.45) is 7.05 Å². The Labute approximate surface area is 151 Å². The van der Waals surface area contributed by atoms with Gasteiger partial charge in [-0.3, -0.25) is 9.59 Å². The summed E-state index contributed by atoms with van der Waals surface area (Å²) in [5.41, 5.74) is 2.13. The standard InChI is InChI=1S/C20H20N2O4/c1-14-11-17(23)19(26-13-15-7-4-3-5-8-15)16(22(14)2)12-21-20(24)18-9-6-10-25-18/h3-11H,12-13H2,1-2H3,(H,21,24). The van der Waals surface area contributed by atoms with Gasteiger partial charge in [0.25, 0.3) is 5.91 Å². The monoisotopic (exact) mass is 352 g/mol. The van der Waals surface area contributed by atoms with Crippen molar-refractivity contribution in [3.63, 3.8) is 0 Å². The van der Waals surface area contributed by atoms with Crippen LogP contribution in [0, 0.1) is 6.92 Å². The van der Waals surface area contributed by atoms with E-state index in [-0.39, 0.29) is 36.0 Å². The minimum atomic E-state index is -0.349. The van der Waals surface area contributed by atoms with Crippen LogP contribution in [0.1, 0.15) is 27.5 Å². The largest absolute Gasteiger partial charge is 0.483 e. The number of ether oxygens (including phenoxy) is 1. The molecular formula is C20H20N2O4. The van der Waals surface area contributed by atoms with Crippen molar-refractivity contribution >= 4 is 5.91 Å². The zero-order valence-corrected chi connectivity index (χ0v) is 14.7. The number of aromatic nitrogens is 1. The van der Waals surface area contributed by atoms with E-state index in [4.69, 9.17) is 9.15 Å². The quantitative estimate of drug-likeness (QED) is 0.740. The van der Waals surface area contributed by atoms with Gasteiger partial charge < -0.3 is 19.0 Å². The summed E-state index contributed by atoms with van der Waals surface area (Å²) in [6.45, 7) is 2.26. The lowest BCUT2D eigenvalue weighted by molar-refractivity contribution is 0.0922. The van der Waals surface area contributed by atoms with E-state index in [9.17, 15) is 9.59 Å². The van der Waals surface area contributed by atoms with Crippen LogP contribution in [-0.2, 0) is 20.2 Å². The van der Waals surface area contributed by atoms with Gasteiger partial charge in [-0.2, -0.15) is 0 Å². The molecule has 0 fully saturated rings. The number of carbonyl (C=O) groups is 1. The van der Waals surface area contributed by atoms with Gasteiger partial charge in [-0.05, 0) is 24.6 Å². The van der Waals surface area contributed by atoms with E-state index in [0.29, 0.717) is 5.69 Å². The fourth-order valence-corrected chi connectivity index (χ4v) is 2.60. The van der Waals surface area contributed by atoms with Crippen molar-refractivity contribution in [3.05, 3.63) is 87.7 Å².